The summed E-state index contributed by atoms with van der Waals surface area (Å²) in [5.41, 5.74) is 0.955. The van der Waals surface area contributed by atoms with Crippen molar-refractivity contribution in [1.82, 2.24) is 20.1 Å². The van der Waals surface area contributed by atoms with Gasteiger partial charge in [-0.2, -0.15) is 5.10 Å². The first-order chi connectivity index (χ1) is 13.4. The zero-order valence-corrected chi connectivity index (χ0v) is 15.1. The Kier molecular flexibility index (Phi) is 4.18. The molecule has 0 radical (unpaired) electrons. The van der Waals surface area contributed by atoms with Crippen molar-refractivity contribution < 1.29 is 13.6 Å². The molecule has 0 saturated heterocycles. The van der Waals surface area contributed by atoms with Crippen molar-refractivity contribution >= 4 is 27.6 Å². The van der Waals surface area contributed by atoms with E-state index in [4.69, 9.17) is 0 Å². The highest BCUT2D eigenvalue weighted by atomic mass is 19.2. The van der Waals surface area contributed by atoms with Crippen LogP contribution in [-0.2, 0) is 0 Å². The molecule has 6 nitrogen and oxygen atoms in total. The molecule has 2 heterocycles. The summed E-state index contributed by atoms with van der Waals surface area (Å²) in [6.45, 7) is 1.74. The number of hydrogen-bond donors (Lipinski definition) is 2. The van der Waals surface area contributed by atoms with Gasteiger partial charge in [-0.1, -0.05) is 18.2 Å². The van der Waals surface area contributed by atoms with Gasteiger partial charge >= 0.3 is 0 Å². The van der Waals surface area contributed by atoms with Crippen LogP contribution in [0.3, 0.4) is 0 Å². The van der Waals surface area contributed by atoms with E-state index >= 15 is 0 Å². The lowest BCUT2D eigenvalue weighted by Crippen LogP contribution is -2.30. The highest BCUT2D eigenvalue weighted by Gasteiger charge is 2.25. The van der Waals surface area contributed by atoms with Gasteiger partial charge in [0.25, 0.3) is 11.5 Å². The molecule has 0 aliphatic heterocycles. The molecule has 4 rings (SSSR count). The van der Waals surface area contributed by atoms with Crippen LogP contribution in [0, 0.1) is 11.6 Å². The lowest BCUT2D eigenvalue weighted by molar-refractivity contribution is 0.0739. The second-order valence-corrected chi connectivity index (χ2v) is 6.59. The summed E-state index contributed by atoms with van der Waals surface area (Å²) < 4.78 is 27.4. The summed E-state index contributed by atoms with van der Waals surface area (Å²) in [6.07, 6.45) is 1.42. The standard InChI is InChI=1S/C20H16F2N4O2/c1-10(14-9-23-19(27)13-8-16(22)15(21)7-12(13)14)26(2)20(28)18-11-5-3-4-6-17(11)24-25-18/h3-10H,1-2H3,(H,23,27)(H,24,25)/t10-/m0/s1. The van der Waals surface area contributed by atoms with E-state index in [1.165, 1.54) is 11.1 Å². The molecule has 2 N–H and O–H groups in total. The number of nitrogens with one attached hydrogen (secondary N) is 2. The Bertz CT molecular complexity index is 1280. The maximum absolute atomic E-state index is 13.8. The minimum absolute atomic E-state index is 0.0225. The van der Waals surface area contributed by atoms with Crippen LogP contribution < -0.4 is 5.56 Å². The third-order valence-electron chi connectivity index (χ3n) is 5.00. The number of fused-ring (bicyclic) bond motifs is 2. The number of rotatable bonds is 3. The topological polar surface area (TPSA) is 81.8 Å². The molecule has 2 aromatic heterocycles. The van der Waals surface area contributed by atoms with Crippen LogP contribution in [0.15, 0.2) is 47.4 Å². The maximum Gasteiger partial charge on any atom is 0.275 e. The van der Waals surface area contributed by atoms with Gasteiger partial charge in [0.2, 0.25) is 0 Å². The van der Waals surface area contributed by atoms with Crippen molar-refractivity contribution in [2.24, 2.45) is 0 Å². The molecule has 8 heteroatoms. The van der Waals surface area contributed by atoms with Crippen LogP contribution in [0.2, 0.25) is 0 Å². The Labute approximate surface area is 157 Å². The fourth-order valence-electron chi connectivity index (χ4n) is 3.30. The normalized spacial score (nSPS) is 12.4. The van der Waals surface area contributed by atoms with E-state index < -0.39 is 23.2 Å². The second-order valence-electron chi connectivity index (χ2n) is 6.59. The van der Waals surface area contributed by atoms with Crippen molar-refractivity contribution in [3.8, 4) is 0 Å². The molecule has 0 aliphatic carbocycles. The van der Waals surface area contributed by atoms with Gasteiger partial charge in [0, 0.05) is 18.6 Å². The molecular weight excluding hydrogens is 366 g/mol. The highest BCUT2D eigenvalue weighted by molar-refractivity contribution is 6.04. The number of aromatic nitrogens is 3. The SMILES string of the molecule is C[C@@H](c1c[nH]c(=O)c2cc(F)c(F)cc12)N(C)C(=O)c1n[nH]c2ccccc12. The number of amides is 1. The van der Waals surface area contributed by atoms with Crippen molar-refractivity contribution in [3.05, 3.63) is 75.8 Å². The van der Waals surface area contributed by atoms with E-state index in [1.54, 1.807) is 20.0 Å². The zero-order valence-electron chi connectivity index (χ0n) is 15.1. The van der Waals surface area contributed by atoms with Gasteiger partial charge in [0.05, 0.1) is 16.9 Å². The van der Waals surface area contributed by atoms with E-state index in [1.807, 2.05) is 18.2 Å². The van der Waals surface area contributed by atoms with Crippen LogP contribution >= 0.6 is 0 Å². The van der Waals surface area contributed by atoms with E-state index in [9.17, 15) is 18.4 Å². The lowest BCUT2D eigenvalue weighted by Gasteiger charge is -2.25. The number of nitrogens with zero attached hydrogens (tertiary/aromatic N) is 2. The second kappa shape index (κ2) is 6.56. The summed E-state index contributed by atoms with van der Waals surface area (Å²) in [4.78, 5) is 29.0. The molecule has 0 spiro atoms. The number of pyridine rings is 1. The Morgan fingerprint density at radius 1 is 1.11 bits per heavy atom. The van der Waals surface area contributed by atoms with Crippen molar-refractivity contribution in [3.63, 3.8) is 0 Å². The van der Waals surface area contributed by atoms with Gasteiger partial charge in [-0.3, -0.25) is 14.7 Å². The van der Waals surface area contributed by atoms with Crippen LogP contribution in [0.25, 0.3) is 21.7 Å². The molecule has 142 valence electrons. The Hall–Kier alpha value is -3.55. The summed E-state index contributed by atoms with van der Waals surface area (Å²) in [7, 11) is 1.59. The van der Waals surface area contributed by atoms with Crippen LogP contribution in [0.1, 0.15) is 29.0 Å². The molecule has 0 unspecified atom stereocenters. The van der Waals surface area contributed by atoms with Gasteiger partial charge in [-0.15, -0.1) is 0 Å². The maximum atomic E-state index is 13.8. The number of aromatic amines is 2. The van der Waals surface area contributed by atoms with Crippen molar-refractivity contribution in [2.45, 2.75) is 13.0 Å². The quantitative estimate of drug-likeness (QED) is 0.569. The average molecular weight is 382 g/mol. The minimum atomic E-state index is -1.10. The van der Waals surface area contributed by atoms with Gasteiger partial charge < -0.3 is 9.88 Å². The Balaban J connectivity index is 1.78. The first kappa shape index (κ1) is 17.8. The third-order valence-corrected chi connectivity index (χ3v) is 5.00. The number of carbonyl (C=O) groups is 1. The fraction of sp³-hybridized carbons (Fsp3) is 0.150. The Morgan fingerprint density at radius 3 is 2.54 bits per heavy atom. The van der Waals surface area contributed by atoms with Crippen LogP contribution in [0.5, 0.6) is 0 Å². The summed E-state index contributed by atoms with van der Waals surface area (Å²) in [5.74, 6) is -2.50. The molecule has 1 amide bonds. The molecule has 28 heavy (non-hydrogen) atoms. The Morgan fingerprint density at radius 2 is 1.79 bits per heavy atom. The number of hydrogen-bond acceptors (Lipinski definition) is 3. The minimum Gasteiger partial charge on any atom is -0.333 e. The van der Waals surface area contributed by atoms with Gasteiger partial charge in [0.1, 0.15) is 0 Å². The molecule has 0 aliphatic rings. The third kappa shape index (κ3) is 2.74. The van der Waals surface area contributed by atoms with E-state index in [-0.39, 0.29) is 22.4 Å². The largest absolute Gasteiger partial charge is 0.333 e. The first-order valence-electron chi connectivity index (χ1n) is 8.59. The van der Waals surface area contributed by atoms with Gasteiger partial charge in [0.15, 0.2) is 17.3 Å². The monoisotopic (exact) mass is 382 g/mol. The number of H-pyrrole nitrogens is 2. The van der Waals surface area contributed by atoms with Gasteiger partial charge in [-0.05, 0) is 36.1 Å². The van der Waals surface area contributed by atoms with Crippen molar-refractivity contribution in [1.29, 1.82) is 0 Å². The van der Waals surface area contributed by atoms with E-state index in [2.05, 4.69) is 15.2 Å². The molecule has 2 aromatic carbocycles. The molecule has 0 saturated carbocycles. The number of carbonyl (C=O) groups excluding carboxylic acids is 1. The van der Waals surface area contributed by atoms with Crippen LogP contribution in [-0.4, -0.2) is 33.0 Å². The fourth-order valence-corrected chi connectivity index (χ4v) is 3.30. The summed E-state index contributed by atoms with van der Waals surface area (Å²) in [5, 5.41) is 7.89. The molecule has 0 fully saturated rings. The highest BCUT2D eigenvalue weighted by Crippen LogP contribution is 2.28. The molecule has 4 aromatic rings. The number of para-hydroxylation sites is 1. The summed E-state index contributed by atoms with van der Waals surface area (Å²) >= 11 is 0. The number of benzene rings is 2. The van der Waals surface area contributed by atoms with Gasteiger partial charge in [-0.25, -0.2) is 8.78 Å². The summed E-state index contributed by atoms with van der Waals surface area (Å²) in [6, 6.07) is 8.56. The van der Waals surface area contributed by atoms with Crippen LogP contribution in [0.4, 0.5) is 8.78 Å². The smallest absolute Gasteiger partial charge is 0.275 e. The number of halogens is 2. The first-order valence-corrected chi connectivity index (χ1v) is 8.59. The zero-order chi connectivity index (χ0) is 20.0. The predicted octanol–water partition coefficient (Wildman–Crippen LogP) is 3.52. The predicted molar refractivity (Wildman–Crippen MR) is 101 cm³/mol. The average Bonchev–Trinajstić information content (AvgIpc) is 3.12. The molecule has 1 atom stereocenters. The van der Waals surface area contributed by atoms with Crippen molar-refractivity contribution in [2.75, 3.05) is 7.05 Å². The lowest BCUT2D eigenvalue weighted by atomic mass is 10.0. The van der Waals surface area contributed by atoms with E-state index in [0.717, 1.165) is 17.6 Å². The molecule has 0 bridgehead atoms. The van der Waals surface area contributed by atoms with E-state index in [0.29, 0.717) is 10.9 Å². The molecular formula is C20H16F2N4O2.